The van der Waals surface area contributed by atoms with Crippen LogP contribution in [-0.2, 0) is 11.3 Å². The first kappa shape index (κ1) is 12.6. The molecule has 0 aromatic carbocycles. The van der Waals surface area contributed by atoms with Crippen LogP contribution in [0.5, 0.6) is 0 Å². The van der Waals surface area contributed by atoms with Crippen molar-refractivity contribution in [2.45, 2.75) is 33.2 Å². The van der Waals surface area contributed by atoms with Gasteiger partial charge in [0.1, 0.15) is 11.2 Å². The number of nitrogens with zero attached hydrogens (tertiary/aromatic N) is 4. The van der Waals surface area contributed by atoms with E-state index in [4.69, 9.17) is 0 Å². The molecule has 2 rings (SSSR count). The van der Waals surface area contributed by atoms with Crippen LogP contribution in [0, 0.1) is 29.6 Å². The van der Waals surface area contributed by atoms with Crippen LogP contribution in [-0.4, -0.2) is 33.0 Å². The standard InChI is InChI=1S/C12H17N5O/c1-8-4-12(5-8,7-13)11(18)17(3)6-10-14-9(2)15-16-10/h8H,4-6H2,1-3H3,(H,14,15,16). The average Bonchev–Trinajstić information content (AvgIpc) is 2.69. The summed E-state index contributed by atoms with van der Waals surface area (Å²) in [5, 5.41) is 15.9. The number of aryl methyl sites for hydroxylation is 1. The summed E-state index contributed by atoms with van der Waals surface area (Å²) in [6.07, 6.45) is 1.30. The molecule has 18 heavy (non-hydrogen) atoms. The predicted octanol–water partition coefficient (Wildman–Crippen LogP) is 1.01. The van der Waals surface area contributed by atoms with E-state index in [0.717, 1.165) is 5.82 Å². The molecule has 0 saturated heterocycles. The minimum absolute atomic E-state index is 0.120. The molecule has 1 heterocycles. The highest BCUT2D eigenvalue weighted by molar-refractivity contribution is 5.86. The summed E-state index contributed by atoms with van der Waals surface area (Å²) < 4.78 is 0. The number of H-pyrrole nitrogens is 1. The van der Waals surface area contributed by atoms with E-state index in [1.165, 1.54) is 4.90 Å². The molecule has 6 heteroatoms. The highest BCUT2D eigenvalue weighted by Crippen LogP contribution is 2.46. The number of rotatable bonds is 3. The molecule has 0 atom stereocenters. The van der Waals surface area contributed by atoms with Crippen LogP contribution in [0.2, 0.25) is 0 Å². The fourth-order valence-corrected chi connectivity index (χ4v) is 2.55. The fraction of sp³-hybridized carbons (Fsp3) is 0.667. The van der Waals surface area contributed by atoms with Crippen molar-refractivity contribution in [3.8, 4) is 6.07 Å². The van der Waals surface area contributed by atoms with Crippen molar-refractivity contribution in [2.75, 3.05) is 7.05 Å². The van der Waals surface area contributed by atoms with E-state index in [2.05, 4.69) is 28.2 Å². The van der Waals surface area contributed by atoms with Gasteiger partial charge < -0.3 is 4.90 Å². The van der Waals surface area contributed by atoms with Crippen molar-refractivity contribution < 1.29 is 4.79 Å². The van der Waals surface area contributed by atoms with Crippen LogP contribution in [0.15, 0.2) is 0 Å². The quantitative estimate of drug-likeness (QED) is 0.863. The second-order valence-corrected chi connectivity index (χ2v) is 5.21. The normalized spacial score (nSPS) is 26.2. The molecule has 0 aliphatic heterocycles. The number of aromatic amines is 1. The Balaban J connectivity index is 2.03. The fourth-order valence-electron chi connectivity index (χ4n) is 2.55. The molecule has 1 saturated carbocycles. The zero-order valence-corrected chi connectivity index (χ0v) is 10.9. The van der Waals surface area contributed by atoms with Gasteiger partial charge in [0.15, 0.2) is 5.82 Å². The minimum atomic E-state index is -0.820. The van der Waals surface area contributed by atoms with Crippen LogP contribution < -0.4 is 0 Å². The maximum atomic E-state index is 12.3. The van der Waals surface area contributed by atoms with Gasteiger partial charge in [0.2, 0.25) is 5.91 Å². The van der Waals surface area contributed by atoms with Gasteiger partial charge in [0.05, 0.1) is 12.6 Å². The Hall–Kier alpha value is -1.90. The molecule has 0 unspecified atom stereocenters. The molecule has 0 radical (unpaired) electrons. The number of carbonyl (C=O) groups is 1. The molecule has 0 spiro atoms. The second kappa shape index (κ2) is 4.41. The highest BCUT2D eigenvalue weighted by atomic mass is 16.2. The molecule has 1 aliphatic carbocycles. The van der Waals surface area contributed by atoms with Gasteiger partial charge in [0.25, 0.3) is 0 Å². The largest absolute Gasteiger partial charge is 0.337 e. The van der Waals surface area contributed by atoms with Gasteiger partial charge in [-0.2, -0.15) is 10.4 Å². The number of hydrogen-bond acceptors (Lipinski definition) is 4. The highest BCUT2D eigenvalue weighted by Gasteiger charge is 2.50. The van der Waals surface area contributed by atoms with E-state index in [-0.39, 0.29) is 5.91 Å². The first-order valence-corrected chi connectivity index (χ1v) is 6.01. The molecule has 6 nitrogen and oxygen atoms in total. The zero-order chi connectivity index (χ0) is 13.3. The van der Waals surface area contributed by atoms with Gasteiger partial charge in [-0.3, -0.25) is 9.89 Å². The number of carbonyl (C=O) groups excluding carboxylic acids is 1. The van der Waals surface area contributed by atoms with E-state index >= 15 is 0 Å². The summed E-state index contributed by atoms with van der Waals surface area (Å²) >= 11 is 0. The number of hydrogen-bond donors (Lipinski definition) is 1. The minimum Gasteiger partial charge on any atom is -0.337 e. The third-order valence-corrected chi connectivity index (χ3v) is 3.39. The summed E-state index contributed by atoms with van der Waals surface area (Å²) in [6.45, 7) is 4.20. The molecule has 96 valence electrons. The Morgan fingerprint density at radius 3 is 2.78 bits per heavy atom. The SMILES string of the molecule is Cc1nc(CN(C)C(=O)C2(C#N)CC(C)C2)n[nH]1. The number of nitrogens with one attached hydrogen (secondary N) is 1. The molecular weight excluding hydrogens is 230 g/mol. The Morgan fingerprint density at radius 1 is 1.67 bits per heavy atom. The third-order valence-electron chi connectivity index (χ3n) is 3.39. The first-order valence-electron chi connectivity index (χ1n) is 6.01. The molecule has 1 fully saturated rings. The van der Waals surface area contributed by atoms with Crippen molar-refractivity contribution in [3.63, 3.8) is 0 Å². The molecule has 1 aromatic rings. The van der Waals surface area contributed by atoms with Crippen LogP contribution in [0.1, 0.15) is 31.4 Å². The van der Waals surface area contributed by atoms with Crippen LogP contribution in [0.25, 0.3) is 0 Å². The zero-order valence-electron chi connectivity index (χ0n) is 10.9. The molecular formula is C12H17N5O. The van der Waals surface area contributed by atoms with Crippen LogP contribution in [0.4, 0.5) is 0 Å². The Labute approximate surface area is 106 Å². The summed E-state index contributed by atoms with van der Waals surface area (Å²) in [4.78, 5) is 18.0. The summed E-state index contributed by atoms with van der Waals surface area (Å²) in [6, 6.07) is 2.18. The van der Waals surface area contributed by atoms with Crippen molar-refractivity contribution in [1.29, 1.82) is 5.26 Å². The number of nitriles is 1. The predicted molar refractivity (Wildman–Crippen MR) is 64.0 cm³/mol. The maximum absolute atomic E-state index is 12.3. The van der Waals surface area contributed by atoms with E-state index in [9.17, 15) is 10.1 Å². The summed E-state index contributed by atoms with van der Waals surface area (Å²) in [5.74, 6) is 1.63. The first-order chi connectivity index (χ1) is 8.47. The van der Waals surface area contributed by atoms with Crippen molar-refractivity contribution in [2.24, 2.45) is 11.3 Å². The van der Waals surface area contributed by atoms with Gasteiger partial charge in [-0.25, -0.2) is 4.98 Å². The van der Waals surface area contributed by atoms with E-state index in [1.54, 1.807) is 7.05 Å². The summed E-state index contributed by atoms with van der Waals surface area (Å²) in [5.41, 5.74) is -0.820. The van der Waals surface area contributed by atoms with Gasteiger partial charge in [-0.1, -0.05) is 6.92 Å². The van der Waals surface area contributed by atoms with Crippen molar-refractivity contribution >= 4 is 5.91 Å². The van der Waals surface area contributed by atoms with Gasteiger partial charge >= 0.3 is 0 Å². The van der Waals surface area contributed by atoms with Crippen LogP contribution >= 0.6 is 0 Å². The molecule has 1 N–H and O–H groups in total. The number of amides is 1. The topological polar surface area (TPSA) is 85.7 Å². The number of aromatic nitrogens is 3. The van der Waals surface area contributed by atoms with Crippen LogP contribution in [0.3, 0.4) is 0 Å². The third kappa shape index (κ3) is 2.08. The van der Waals surface area contributed by atoms with E-state index in [1.807, 2.05) is 6.92 Å². The molecule has 1 aromatic heterocycles. The molecule has 1 amide bonds. The van der Waals surface area contributed by atoms with E-state index < -0.39 is 5.41 Å². The lowest BCUT2D eigenvalue weighted by Crippen LogP contribution is -2.48. The smallest absolute Gasteiger partial charge is 0.243 e. The van der Waals surface area contributed by atoms with Gasteiger partial charge in [0, 0.05) is 7.05 Å². The lowest BCUT2D eigenvalue weighted by molar-refractivity contribution is -0.144. The second-order valence-electron chi connectivity index (χ2n) is 5.21. The molecule has 1 aliphatic rings. The molecule has 0 bridgehead atoms. The van der Waals surface area contributed by atoms with Gasteiger partial charge in [-0.05, 0) is 25.7 Å². The Kier molecular flexibility index (Phi) is 3.07. The Morgan fingerprint density at radius 2 is 2.33 bits per heavy atom. The van der Waals surface area contributed by atoms with Crippen molar-refractivity contribution in [3.05, 3.63) is 11.6 Å². The maximum Gasteiger partial charge on any atom is 0.243 e. The van der Waals surface area contributed by atoms with Gasteiger partial charge in [-0.15, -0.1) is 0 Å². The van der Waals surface area contributed by atoms with E-state index in [0.29, 0.717) is 31.1 Å². The monoisotopic (exact) mass is 247 g/mol. The lowest BCUT2D eigenvalue weighted by atomic mass is 9.63. The summed E-state index contributed by atoms with van der Waals surface area (Å²) in [7, 11) is 1.69. The lowest BCUT2D eigenvalue weighted by Gasteiger charge is -2.41. The average molecular weight is 247 g/mol. The Bertz CT molecular complexity index is 495. The van der Waals surface area contributed by atoms with Crippen molar-refractivity contribution in [1.82, 2.24) is 20.1 Å².